The Morgan fingerprint density at radius 2 is 2.11 bits per heavy atom. The number of hydrogen-bond donors (Lipinski definition) is 1. The summed E-state index contributed by atoms with van der Waals surface area (Å²) in [5.74, 6) is 1.86. The molecule has 1 unspecified atom stereocenters. The van der Waals surface area contributed by atoms with Crippen molar-refractivity contribution >= 4 is 5.91 Å². The molecule has 0 saturated carbocycles. The van der Waals surface area contributed by atoms with Gasteiger partial charge in [-0.1, -0.05) is 11.2 Å². The maximum atomic E-state index is 12.0. The van der Waals surface area contributed by atoms with E-state index in [4.69, 9.17) is 14.0 Å². The molecule has 1 aliphatic heterocycles. The van der Waals surface area contributed by atoms with Crippen LogP contribution in [0.25, 0.3) is 0 Å². The average Bonchev–Trinajstić information content (AvgIpc) is 3.36. The highest BCUT2D eigenvalue weighted by atomic mass is 16.5. The minimum atomic E-state index is -0.0441. The number of rotatable bonds is 7. The molecule has 1 atom stereocenters. The van der Waals surface area contributed by atoms with E-state index >= 15 is 0 Å². The lowest BCUT2D eigenvalue weighted by Crippen LogP contribution is -2.30. The van der Waals surface area contributed by atoms with Gasteiger partial charge >= 0.3 is 0 Å². The first-order chi connectivity index (χ1) is 13.3. The molecule has 1 aromatic carbocycles. The van der Waals surface area contributed by atoms with Crippen molar-refractivity contribution in [1.82, 2.24) is 10.5 Å². The van der Waals surface area contributed by atoms with E-state index in [-0.39, 0.29) is 12.3 Å². The van der Waals surface area contributed by atoms with Gasteiger partial charge in [0.2, 0.25) is 5.91 Å². The molecule has 1 aromatic heterocycles. The number of ether oxygens (including phenoxy) is 2. The van der Waals surface area contributed by atoms with Crippen molar-refractivity contribution in [2.24, 2.45) is 5.92 Å². The number of aryl methyl sites for hydroxylation is 2. The lowest BCUT2D eigenvalue weighted by atomic mass is 9.92. The molecule has 0 radical (unpaired) electrons. The second kappa shape index (κ2) is 8.57. The topological polar surface area (TPSA) is 73.6 Å². The monoisotopic (exact) mass is 370 g/mol. The SMILES string of the molecule is O=C(Cc1cc(COc2ccc3c(c2)CCCC3)on1)NCC1CCOC1. The predicted octanol–water partition coefficient (Wildman–Crippen LogP) is 2.83. The Kier molecular flexibility index (Phi) is 5.72. The van der Waals surface area contributed by atoms with Gasteiger partial charge in [-0.25, -0.2) is 0 Å². The van der Waals surface area contributed by atoms with E-state index in [1.807, 2.05) is 6.07 Å². The van der Waals surface area contributed by atoms with Crippen molar-refractivity contribution in [3.05, 3.63) is 46.8 Å². The first kappa shape index (κ1) is 18.0. The quantitative estimate of drug-likeness (QED) is 0.811. The van der Waals surface area contributed by atoms with Gasteiger partial charge in [0.15, 0.2) is 5.76 Å². The first-order valence-electron chi connectivity index (χ1n) is 9.80. The molecule has 1 N–H and O–H groups in total. The first-order valence-corrected chi connectivity index (χ1v) is 9.80. The van der Waals surface area contributed by atoms with E-state index in [0.717, 1.165) is 38.2 Å². The minimum Gasteiger partial charge on any atom is -0.486 e. The molecule has 2 aliphatic rings. The largest absolute Gasteiger partial charge is 0.486 e. The highest BCUT2D eigenvalue weighted by Gasteiger charge is 2.17. The molecule has 2 heterocycles. The third-order valence-electron chi connectivity index (χ3n) is 5.26. The summed E-state index contributed by atoms with van der Waals surface area (Å²) in [5, 5.41) is 6.92. The van der Waals surface area contributed by atoms with Crippen molar-refractivity contribution in [3.63, 3.8) is 0 Å². The van der Waals surface area contributed by atoms with Crippen LogP contribution in [0.15, 0.2) is 28.8 Å². The van der Waals surface area contributed by atoms with Crippen molar-refractivity contribution < 1.29 is 18.8 Å². The summed E-state index contributed by atoms with van der Waals surface area (Å²) in [6, 6.07) is 8.10. The van der Waals surface area contributed by atoms with E-state index in [1.54, 1.807) is 6.07 Å². The molecule has 6 heteroatoms. The van der Waals surface area contributed by atoms with Crippen molar-refractivity contribution in [2.45, 2.75) is 45.1 Å². The number of benzene rings is 1. The zero-order valence-electron chi connectivity index (χ0n) is 15.5. The maximum Gasteiger partial charge on any atom is 0.226 e. The summed E-state index contributed by atoms with van der Waals surface area (Å²) in [5.41, 5.74) is 3.45. The molecule has 27 heavy (non-hydrogen) atoms. The number of amides is 1. The Balaban J connectivity index is 1.25. The molecular formula is C21H26N2O4. The number of aromatic nitrogens is 1. The number of nitrogens with one attached hydrogen (secondary N) is 1. The van der Waals surface area contributed by atoms with Gasteiger partial charge in [0.1, 0.15) is 12.4 Å². The summed E-state index contributed by atoms with van der Waals surface area (Å²) in [4.78, 5) is 12.0. The van der Waals surface area contributed by atoms with Gasteiger partial charge in [0.25, 0.3) is 0 Å². The van der Waals surface area contributed by atoms with E-state index in [9.17, 15) is 4.79 Å². The highest BCUT2D eigenvalue weighted by Crippen LogP contribution is 2.25. The van der Waals surface area contributed by atoms with Crippen LogP contribution in [-0.2, 0) is 35.4 Å². The number of carbonyl (C=O) groups excluding carboxylic acids is 1. The Morgan fingerprint density at radius 3 is 2.96 bits per heavy atom. The maximum absolute atomic E-state index is 12.0. The van der Waals surface area contributed by atoms with Gasteiger partial charge < -0.3 is 19.3 Å². The third-order valence-corrected chi connectivity index (χ3v) is 5.26. The molecule has 1 amide bonds. The van der Waals surface area contributed by atoms with Gasteiger partial charge in [-0.15, -0.1) is 0 Å². The molecular weight excluding hydrogens is 344 g/mol. The van der Waals surface area contributed by atoms with E-state index < -0.39 is 0 Å². The summed E-state index contributed by atoms with van der Waals surface area (Å²) >= 11 is 0. The number of nitrogens with zero attached hydrogens (tertiary/aromatic N) is 1. The number of fused-ring (bicyclic) bond motifs is 1. The Labute approximate surface area is 159 Å². The van der Waals surface area contributed by atoms with Crippen molar-refractivity contribution in [2.75, 3.05) is 19.8 Å². The molecule has 2 aromatic rings. The fraction of sp³-hybridized carbons (Fsp3) is 0.524. The third kappa shape index (κ3) is 4.89. The average molecular weight is 370 g/mol. The zero-order chi connectivity index (χ0) is 18.5. The van der Waals surface area contributed by atoms with Gasteiger partial charge in [-0.3, -0.25) is 4.79 Å². The Morgan fingerprint density at radius 1 is 1.22 bits per heavy atom. The molecule has 6 nitrogen and oxygen atoms in total. The molecule has 0 bridgehead atoms. The second-order valence-corrected chi connectivity index (χ2v) is 7.42. The molecule has 144 valence electrons. The van der Waals surface area contributed by atoms with Gasteiger partial charge in [0, 0.05) is 25.1 Å². The molecule has 1 fully saturated rings. The number of hydrogen-bond acceptors (Lipinski definition) is 5. The zero-order valence-corrected chi connectivity index (χ0v) is 15.5. The molecule has 0 spiro atoms. The van der Waals surface area contributed by atoms with Crippen LogP contribution in [-0.4, -0.2) is 30.8 Å². The normalized spacial score (nSPS) is 18.9. The number of carbonyl (C=O) groups is 1. The standard InChI is InChI=1S/C21H26N2O4/c24-21(22-12-15-7-8-25-13-15)11-18-10-20(27-23-18)14-26-19-6-5-16-3-1-2-4-17(16)9-19/h5-6,9-10,15H,1-4,7-8,11-14H2,(H,22,24). The lowest BCUT2D eigenvalue weighted by molar-refractivity contribution is -0.120. The van der Waals surface area contributed by atoms with Crippen molar-refractivity contribution in [1.29, 1.82) is 0 Å². The minimum absolute atomic E-state index is 0.0441. The fourth-order valence-electron chi connectivity index (χ4n) is 3.69. The van der Waals surface area contributed by atoms with Crippen LogP contribution in [0, 0.1) is 5.92 Å². The van der Waals surface area contributed by atoms with Crippen LogP contribution in [0.1, 0.15) is 41.8 Å². The Hall–Kier alpha value is -2.34. The fourth-order valence-corrected chi connectivity index (χ4v) is 3.69. The molecule has 1 saturated heterocycles. The van der Waals surface area contributed by atoms with Crippen LogP contribution in [0.2, 0.25) is 0 Å². The van der Waals surface area contributed by atoms with E-state index in [1.165, 1.54) is 24.0 Å². The van der Waals surface area contributed by atoms with Gasteiger partial charge in [0.05, 0.1) is 18.7 Å². The van der Waals surface area contributed by atoms with Gasteiger partial charge in [-0.05, 0) is 55.4 Å². The highest BCUT2D eigenvalue weighted by molar-refractivity contribution is 5.78. The van der Waals surface area contributed by atoms with Crippen LogP contribution >= 0.6 is 0 Å². The lowest BCUT2D eigenvalue weighted by Gasteiger charge is -2.16. The van der Waals surface area contributed by atoms with Gasteiger partial charge in [-0.2, -0.15) is 0 Å². The predicted molar refractivity (Wildman–Crippen MR) is 99.6 cm³/mol. The van der Waals surface area contributed by atoms with Crippen LogP contribution in [0.5, 0.6) is 5.75 Å². The summed E-state index contributed by atoms with van der Waals surface area (Å²) < 4.78 is 16.5. The second-order valence-electron chi connectivity index (χ2n) is 7.42. The van der Waals surface area contributed by atoms with Crippen LogP contribution in [0.4, 0.5) is 0 Å². The van der Waals surface area contributed by atoms with Crippen LogP contribution < -0.4 is 10.1 Å². The smallest absolute Gasteiger partial charge is 0.226 e. The summed E-state index contributed by atoms with van der Waals surface area (Å²) in [6.07, 6.45) is 6.04. The Bertz CT molecular complexity index is 780. The molecule has 4 rings (SSSR count). The van der Waals surface area contributed by atoms with Crippen LogP contribution in [0.3, 0.4) is 0 Å². The van der Waals surface area contributed by atoms with E-state index in [0.29, 0.717) is 30.5 Å². The van der Waals surface area contributed by atoms with Crippen molar-refractivity contribution in [3.8, 4) is 5.75 Å². The van der Waals surface area contributed by atoms with E-state index in [2.05, 4.69) is 22.6 Å². The molecule has 1 aliphatic carbocycles. The summed E-state index contributed by atoms with van der Waals surface area (Å²) in [6.45, 7) is 2.49. The summed E-state index contributed by atoms with van der Waals surface area (Å²) in [7, 11) is 0.